The Morgan fingerprint density at radius 3 is 2.47 bits per heavy atom. The zero-order valence-electron chi connectivity index (χ0n) is 17.6. The second-order valence-corrected chi connectivity index (χ2v) is 7.62. The van der Waals surface area contributed by atoms with Crippen LogP contribution in [-0.2, 0) is 11.3 Å². The Morgan fingerprint density at radius 1 is 1.03 bits per heavy atom. The average molecular weight is 400 g/mol. The van der Waals surface area contributed by atoms with Gasteiger partial charge in [0.25, 0.3) is 5.56 Å². The Hall–Kier alpha value is -3.67. The molecule has 0 aliphatic rings. The van der Waals surface area contributed by atoms with Crippen LogP contribution in [0.3, 0.4) is 0 Å². The maximum atomic E-state index is 13.2. The van der Waals surface area contributed by atoms with Gasteiger partial charge in [-0.05, 0) is 57.0 Å². The molecule has 1 N–H and O–H groups in total. The van der Waals surface area contributed by atoms with Crippen LogP contribution in [0, 0.1) is 27.7 Å². The van der Waals surface area contributed by atoms with E-state index in [4.69, 9.17) is 0 Å². The van der Waals surface area contributed by atoms with Crippen LogP contribution in [0.25, 0.3) is 16.7 Å². The Kier molecular flexibility index (Phi) is 4.99. The summed E-state index contributed by atoms with van der Waals surface area (Å²) in [6.07, 6.45) is 1.45. The van der Waals surface area contributed by atoms with Gasteiger partial charge < -0.3 is 5.32 Å². The minimum absolute atomic E-state index is 0.0932. The molecule has 0 saturated heterocycles. The highest BCUT2D eigenvalue weighted by Crippen LogP contribution is 2.24. The fourth-order valence-electron chi connectivity index (χ4n) is 3.79. The monoisotopic (exact) mass is 400 g/mol. The van der Waals surface area contributed by atoms with E-state index in [1.807, 2.05) is 80.8 Å². The third-order valence-electron chi connectivity index (χ3n) is 5.47. The third kappa shape index (κ3) is 3.41. The van der Waals surface area contributed by atoms with E-state index in [1.54, 1.807) is 0 Å². The highest BCUT2D eigenvalue weighted by atomic mass is 16.2. The number of rotatable bonds is 4. The van der Waals surface area contributed by atoms with Gasteiger partial charge in [0, 0.05) is 17.1 Å². The van der Waals surface area contributed by atoms with Crippen molar-refractivity contribution in [3.63, 3.8) is 0 Å². The summed E-state index contributed by atoms with van der Waals surface area (Å²) in [7, 11) is 0. The first-order valence-corrected chi connectivity index (χ1v) is 9.86. The molecule has 6 heteroatoms. The number of nitrogens with zero attached hydrogens (tertiary/aromatic N) is 3. The highest BCUT2D eigenvalue weighted by molar-refractivity contribution is 5.91. The van der Waals surface area contributed by atoms with Crippen molar-refractivity contribution in [3.05, 3.63) is 87.6 Å². The predicted octanol–water partition coefficient (Wildman–Crippen LogP) is 4.06. The number of hydrogen-bond donors (Lipinski definition) is 1. The molecule has 0 fully saturated rings. The van der Waals surface area contributed by atoms with Crippen LogP contribution in [0.5, 0.6) is 0 Å². The van der Waals surface area contributed by atoms with Gasteiger partial charge in [-0.1, -0.05) is 35.9 Å². The zero-order valence-corrected chi connectivity index (χ0v) is 17.6. The SMILES string of the molecule is Cc1ccc(NC(=O)Cn2cnc3c(c(C)c(C)n3-c3ccccc3)c2=O)c(C)c1. The van der Waals surface area contributed by atoms with Crippen molar-refractivity contribution < 1.29 is 4.79 Å². The second-order valence-electron chi connectivity index (χ2n) is 7.62. The average Bonchev–Trinajstić information content (AvgIpc) is 2.98. The van der Waals surface area contributed by atoms with Crippen LogP contribution < -0.4 is 10.9 Å². The third-order valence-corrected chi connectivity index (χ3v) is 5.47. The molecule has 0 aliphatic heterocycles. The van der Waals surface area contributed by atoms with E-state index in [9.17, 15) is 9.59 Å². The van der Waals surface area contributed by atoms with Gasteiger partial charge in [0.15, 0.2) is 5.65 Å². The first-order valence-electron chi connectivity index (χ1n) is 9.86. The summed E-state index contributed by atoms with van der Waals surface area (Å²) < 4.78 is 3.34. The lowest BCUT2D eigenvalue weighted by Crippen LogP contribution is -2.28. The molecule has 0 unspecified atom stereocenters. The maximum absolute atomic E-state index is 13.2. The summed E-state index contributed by atoms with van der Waals surface area (Å²) in [5.74, 6) is -0.262. The highest BCUT2D eigenvalue weighted by Gasteiger charge is 2.18. The number of hydrogen-bond acceptors (Lipinski definition) is 3. The van der Waals surface area contributed by atoms with E-state index in [-0.39, 0.29) is 18.0 Å². The molecule has 0 bridgehead atoms. The van der Waals surface area contributed by atoms with E-state index < -0.39 is 0 Å². The van der Waals surface area contributed by atoms with E-state index >= 15 is 0 Å². The van der Waals surface area contributed by atoms with Gasteiger partial charge in [-0.2, -0.15) is 0 Å². The van der Waals surface area contributed by atoms with Gasteiger partial charge in [-0.25, -0.2) is 4.98 Å². The minimum Gasteiger partial charge on any atom is -0.324 e. The van der Waals surface area contributed by atoms with Crippen LogP contribution in [0.4, 0.5) is 5.69 Å². The molecule has 6 nitrogen and oxygen atoms in total. The number of nitrogens with one attached hydrogen (secondary N) is 1. The normalized spacial score (nSPS) is 11.1. The lowest BCUT2D eigenvalue weighted by Gasteiger charge is -2.11. The van der Waals surface area contributed by atoms with E-state index in [1.165, 1.54) is 10.9 Å². The van der Waals surface area contributed by atoms with Crippen LogP contribution in [0.1, 0.15) is 22.4 Å². The molecule has 30 heavy (non-hydrogen) atoms. The molecule has 0 aliphatic carbocycles. The number of fused-ring (bicyclic) bond motifs is 1. The molecule has 2 heterocycles. The van der Waals surface area contributed by atoms with E-state index in [0.29, 0.717) is 11.0 Å². The van der Waals surface area contributed by atoms with Gasteiger partial charge >= 0.3 is 0 Å². The summed E-state index contributed by atoms with van der Waals surface area (Å²) in [6.45, 7) is 7.75. The molecule has 4 rings (SSSR count). The summed E-state index contributed by atoms with van der Waals surface area (Å²) in [6, 6.07) is 15.6. The number of carbonyl (C=O) groups is 1. The number of amides is 1. The summed E-state index contributed by atoms with van der Waals surface area (Å²) in [5.41, 5.74) is 6.02. The van der Waals surface area contributed by atoms with Crippen molar-refractivity contribution in [2.24, 2.45) is 0 Å². The second kappa shape index (κ2) is 7.63. The van der Waals surface area contributed by atoms with Gasteiger partial charge in [0.2, 0.25) is 5.91 Å². The lowest BCUT2D eigenvalue weighted by molar-refractivity contribution is -0.116. The standard InChI is InChI=1S/C24H24N4O2/c1-15-10-11-20(16(2)12-15)26-21(29)13-27-14-25-23-22(24(27)30)17(3)18(4)28(23)19-8-6-5-7-9-19/h5-12,14H,13H2,1-4H3,(H,26,29). The smallest absolute Gasteiger partial charge is 0.263 e. The molecular formula is C24H24N4O2. The number of aryl methyl sites for hydroxylation is 3. The van der Waals surface area contributed by atoms with Crippen LogP contribution >= 0.6 is 0 Å². The predicted molar refractivity (Wildman–Crippen MR) is 119 cm³/mol. The minimum atomic E-state index is -0.262. The molecular weight excluding hydrogens is 376 g/mol. The molecule has 0 radical (unpaired) electrons. The van der Waals surface area contributed by atoms with Crippen molar-refractivity contribution in [2.75, 3.05) is 5.32 Å². The molecule has 0 saturated carbocycles. The largest absolute Gasteiger partial charge is 0.324 e. The molecule has 4 aromatic rings. The molecule has 0 spiro atoms. The fourth-order valence-corrected chi connectivity index (χ4v) is 3.79. The molecule has 1 amide bonds. The fraction of sp³-hybridized carbons (Fsp3) is 0.208. The summed E-state index contributed by atoms with van der Waals surface area (Å²) in [4.78, 5) is 30.3. The molecule has 2 aromatic carbocycles. The van der Waals surface area contributed by atoms with Gasteiger partial charge in [-0.15, -0.1) is 0 Å². The van der Waals surface area contributed by atoms with Crippen LogP contribution in [0.2, 0.25) is 0 Å². The van der Waals surface area contributed by atoms with Crippen LogP contribution in [0.15, 0.2) is 59.7 Å². The summed E-state index contributed by atoms with van der Waals surface area (Å²) >= 11 is 0. The van der Waals surface area contributed by atoms with Crippen molar-refractivity contribution in [2.45, 2.75) is 34.2 Å². The number of benzene rings is 2. The number of carbonyl (C=O) groups excluding carboxylic acids is 1. The maximum Gasteiger partial charge on any atom is 0.263 e. The van der Waals surface area contributed by atoms with Crippen molar-refractivity contribution in [1.82, 2.24) is 14.1 Å². The number of anilines is 1. The Bertz CT molecular complexity index is 1320. The molecule has 2 aromatic heterocycles. The van der Waals surface area contributed by atoms with Gasteiger partial charge in [-0.3, -0.25) is 18.7 Å². The first-order chi connectivity index (χ1) is 14.4. The van der Waals surface area contributed by atoms with Crippen molar-refractivity contribution >= 4 is 22.6 Å². The van der Waals surface area contributed by atoms with E-state index in [2.05, 4.69) is 10.3 Å². The number of aromatic nitrogens is 3. The topological polar surface area (TPSA) is 68.9 Å². The van der Waals surface area contributed by atoms with Gasteiger partial charge in [0.05, 0.1) is 5.39 Å². The summed E-state index contributed by atoms with van der Waals surface area (Å²) in [5, 5.41) is 3.43. The lowest BCUT2D eigenvalue weighted by atomic mass is 10.1. The zero-order chi connectivity index (χ0) is 21.4. The number of para-hydroxylation sites is 1. The van der Waals surface area contributed by atoms with Crippen LogP contribution in [-0.4, -0.2) is 20.0 Å². The van der Waals surface area contributed by atoms with E-state index in [0.717, 1.165) is 33.8 Å². The molecule has 0 atom stereocenters. The Balaban J connectivity index is 1.70. The van der Waals surface area contributed by atoms with Crippen molar-refractivity contribution in [3.8, 4) is 5.69 Å². The van der Waals surface area contributed by atoms with Crippen molar-refractivity contribution in [1.29, 1.82) is 0 Å². The Morgan fingerprint density at radius 2 is 1.77 bits per heavy atom. The Labute approximate surface area is 174 Å². The quantitative estimate of drug-likeness (QED) is 0.562. The first kappa shape index (κ1) is 19.6. The van der Waals surface area contributed by atoms with Gasteiger partial charge in [0.1, 0.15) is 12.9 Å². The molecule has 152 valence electrons.